The third-order valence-electron chi connectivity index (χ3n) is 6.52. The van der Waals surface area contributed by atoms with Crippen molar-refractivity contribution in [3.63, 3.8) is 0 Å². The van der Waals surface area contributed by atoms with Crippen LogP contribution in [-0.4, -0.2) is 45.4 Å². The van der Waals surface area contributed by atoms with Gasteiger partial charge < -0.3 is 15.6 Å². The zero-order valence-corrected chi connectivity index (χ0v) is 19.6. The van der Waals surface area contributed by atoms with Crippen LogP contribution < -0.4 is 11.1 Å². The number of carbonyl (C=O) groups is 2. The van der Waals surface area contributed by atoms with Crippen LogP contribution in [0, 0.1) is 17.2 Å². The number of amides is 2. The number of benzene rings is 2. The predicted molar refractivity (Wildman–Crippen MR) is 132 cm³/mol. The van der Waals surface area contributed by atoms with Gasteiger partial charge in [0.2, 0.25) is 11.8 Å². The lowest BCUT2D eigenvalue weighted by molar-refractivity contribution is -0.131. The normalized spacial score (nSPS) is 15.3. The van der Waals surface area contributed by atoms with E-state index in [4.69, 9.17) is 11.0 Å². The zero-order chi connectivity index (χ0) is 24.6. The second-order valence-electron chi connectivity index (χ2n) is 9.03. The summed E-state index contributed by atoms with van der Waals surface area (Å²) in [5, 5.41) is 11.8. The molecular weight excluding hydrogens is 440 g/mol. The van der Waals surface area contributed by atoms with Gasteiger partial charge in [-0.25, -0.2) is 4.98 Å². The van der Waals surface area contributed by atoms with Gasteiger partial charge in [-0.05, 0) is 49.2 Å². The van der Waals surface area contributed by atoms with E-state index in [1.54, 1.807) is 0 Å². The largest absolute Gasteiger partial charge is 0.368 e. The van der Waals surface area contributed by atoms with E-state index in [9.17, 15) is 9.59 Å². The number of imidazole rings is 1. The average molecular weight is 471 g/mol. The van der Waals surface area contributed by atoms with E-state index in [0.717, 1.165) is 49.3 Å². The molecule has 3 aromatic rings. The van der Waals surface area contributed by atoms with Crippen LogP contribution in [0.1, 0.15) is 35.2 Å². The summed E-state index contributed by atoms with van der Waals surface area (Å²) in [7, 11) is 0. The van der Waals surface area contributed by atoms with Crippen LogP contribution in [0.2, 0.25) is 0 Å². The number of hydrogen-bond donors (Lipinski definition) is 2. The van der Waals surface area contributed by atoms with Crippen LogP contribution in [0.5, 0.6) is 0 Å². The highest BCUT2D eigenvalue weighted by Crippen LogP contribution is 2.20. The Bertz CT molecular complexity index is 1170. The first-order valence-corrected chi connectivity index (χ1v) is 11.9. The van der Waals surface area contributed by atoms with E-state index in [1.165, 1.54) is 0 Å². The van der Waals surface area contributed by atoms with Gasteiger partial charge in [-0.1, -0.05) is 42.5 Å². The maximum absolute atomic E-state index is 12.9. The van der Waals surface area contributed by atoms with Gasteiger partial charge in [-0.3, -0.25) is 14.5 Å². The molecule has 0 bridgehead atoms. The Morgan fingerprint density at radius 3 is 2.43 bits per heavy atom. The Labute approximate surface area is 205 Å². The van der Waals surface area contributed by atoms with Crippen LogP contribution in [0.3, 0.4) is 0 Å². The Hall–Kier alpha value is -3.96. The number of nitriles is 1. The van der Waals surface area contributed by atoms with Gasteiger partial charge in [-0.15, -0.1) is 0 Å². The van der Waals surface area contributed by atoms with Crippen LogP contribution in [0.15, 0.2) is 67.1 Å². The lowest BCUT2D eigenvalue weighted by Gasteiger charge is -2.32. The number of rotatable bonds is 9. The number of piperidine rings is 1. The van der Waals surface area contributed by atoms with E-state index in [-0.39, 0.29) is 11.8 Å². The summed E-state index contributed by atoms with van der Waals surface area (Å²) in [6.07, 6.45) is 5.55. The molecule has 8 heteroatoms. The van der Waals surface area contributed by atoms with Crippen LogP contribution in [0.4, 0.5) is 0 Å². The van der Waals surface area contributed by atoms with Crippen LogP contribution in [-0.2, 0) is 29.1 Å². The number of nitrogens with two attached hydrogens (primary N) is 1. The van der Waals surface area contributed by atoms with E-state index in [1.807, 2.05) is 67.1 Å². The van der Waals surface area contributed by atoms with Gasteiger partial charge in [0, 0.05) is 31.6 Å². The maximum Gasteiger partial charge on any atom is 0.240 e. The Balaban J connectivity index is 1.28. The summed E-state index contributed by atoms with van der Waals surface area (Å²) in [6, 6.07) is 18.6. The molecule has 0 saturated carbocycles. The second-order valence-corrected chi connectivity index (χ2v) is 9.03. The van der Waals surface area contributed by atoms with E-state index < -0.39 is 11.9 Å². The van der Waals surface area contributed by atoms with Crippen molar-refractivity contribution in [2.24, 2.45) is 11.7 Å². The van der Waals surface area contributed by atoms with Gasteiger partial charge in [0.25, 0.3) is 0 Å². The summed E-state index contributed by atoms with van der Waals surface area (Å²) in [5.41, 5.74) is 9.38. The summed E-state index contributed by atoms with van der Waals surface area (Å²) >= 11 is 0. The monoisotopic (exact) mass is 470 g/mol. The predicted octanol–water partition coefficient (Wildman–Crippen LogP) is 2.23. The van der Waals surface area contributed by atoms with Gasteiger partial charge in [0.05, 0.1) is 23.7 Å². The average Bonchev–Trinajstić information content (AvgIpc) is 3.31. The molecule has 0 unspecified atom stereocenters. The molecule has 2 heterocycles. The number of aromatic nitrogens is 2. The fourth-order valence-corrected chi connectivity index (χ4v) is 4.45. The third-order valence-corrected chi connectivity index (χ3v) is 6.52. The first-order chi connectivity index (χ1) is 17.0. The van der Waals surface area contributed by atoms with E-state index in [2.05, 4.69) is 25.8 Å². The van der Waals surface area contributed by atoms with Crippen LogP contribution >= 0.6 is 0 Å². The molecular formula is C27H30N6O2. The molecule has 3 N–H and O–H groups in total. The van der Waals surface area contributed by atoms with Crippen molar-refractivity contribution in [3.8, 4) is 6.07 Å². The highest BCUT2D eigenvalue weighted by Gasteiger charge is 2.28. The Kier molecular flexibility index (Phi) is 7.91. The lowest BCUT2D eigenvalue weighted by atomic mass is 9.95. The number of primary amides is 1. The third kappa shape index (κ3) is 6.55. The minimum atomic E-state index is -0.709. The van der Waals surface area contributed by atoms with Gasteiger partial charge in [0.1, 0.15) is 6.04 Å². The fraction of sp³-hybridized carbons (Fsp3) is 0.333. The molecule has 1 atom stereocenters. The SMILES string of the molecule is N#Cc1ccc(Cn2cncc2CN2CCC(C(=O)N[C@@H](Cc3ccccc3)C(N)=O)CC2)cc1. The number of nitrogens with one attached hydrogen (secondary N) is 1. The van der Waals surface area contributed by atoms with Gasteiger partial charge in [-0.2, -0.15) is 5.26 Å². The van der Waals surface area contributed by atoms with E-state index >= 15 is 0 Å². The summed E-state index contributed by atoms with van der Waals surface area (Å²) in [6.45, 7) is 3.03. The highest BCUT2D eigenvalue weighted by atomic mass is 16.2. The highest BCUT2D eigenvalue weighted by molar-refractivity contribution is 5.87. The number of nitrogens with zero attached hydrogens (tertiary/aromatic N) is 4. The van der Waals surface area contributed by atoms with Crippen molar-refractivity contribution in [2.75, 3.05) is 13.1 Å². The first-order valence-electron chi connectivity index (χ1n) is 11.9. The summed E-state index contributed by atoms with van der Waals surface area (Å²) in [4.78, 5) is 31.4. The molecule has 1 saturated heterocycles. The number of hydrogen-bond acceptors (Lipinski definition) is 5. The van der Waals surface area contributed by atoms with E-state index in [0.29, 0.717) is 18.5 Å². The number of carbonyl (C=O) groups excluding carboxylic acids is 2. The fourth-order valence-electron chi connectivity index (χ4n) is 4.45. The second kappa shape index (κ2) is 11.4. The maximum atomic E-state index is 12.9. The summed E-state index contributed by atoms with van der Waals surface area (Å²) in [5.74, 6) is -0.752. The molecule has 2 amide bonds. The quantitative estimate of drug-likeness (QED) is 0.497. The summed E-state index contributed by atoms with van der Waals surface area (Å²) < 4.78 is 2.11. The molecule has 0 aliphatic carbocycles. The molecule has 0 spiro atoms. The van der Waals surface area contributed by atoms with Gasteiger partial charge in [0.15, 0.2) is 0 Å². The number of likely N-dealkylation sites (tertiary alicyclic amines) is 1. The standard InChI is InChI=1S/C27H30N6O2/c28-15-21-6-8-22(9-7-21)17-33-19-30-16-24(33)18-32-12-10-23(11-13-32)27(35)31-25(26(29)34)14-20-4-2-1-3-5-20/h1-9,16,19,23,25H,10-14,17-18H2,(H2,29,34)(H,31,35)/t25-/m0/s1. The Morgan fingerprint density at radius 1 is 1.06 bits per heavy atom. The molecule has 8 nitrogen and oxygen atoms in total. The first kappa shape index (κ1) is 24.2. The van der Waals surface area contributed by atoms with Crippen molar-refractivity contribution >= 4 is 11.8 Å². The molecule has 0 radical (unpaired) electrons. The topological polar surface area (TPSA) is 117 Å². The zero-order valence-electron chi connectivity index (χ0n) is 19.6. The molecule has 180 valence electrons. The van der Waals surface area contributed by atoms with Crippen molar-refractivity contribution in [1.29, 1.82) is 5.26 Å². The van der Waals surface area contributed by atoms with Crippen LogP contribution in [0.25, 0.3) is 0 Å². The minimum absolute atomic E-state index is 0.102. The molecule has 35 heavy (non-hydrogen) atoms. The Morgan fingerprint density at radius 2 is 1.77 bits per heavy atom. The van der Waals surface area contributed by atoms with Crippen molar-refractivity contribution in [3.05, 3.63) is 89.5 Å². The molecule has 1 aliphatic heterocycles. The molecule has 1 fully saturated rings. The minimum Gasteiger partial charge on any atom is -0.368 e. The molecule has 4 rings (SSSR count). The molecule has 2 aromatic carbocycles. The van der Waals surface area contributed by atoms with Crippen molar-refractivity contribution in [2.45, 2.75) is 38.4 Å². The van der Waals surface area contributed by atoms with Gasteiger partial charge >= 0.3 is 0 Å². The lowest BCUT2D eigenvalue weighted by Crippen LogP contribution is -2.49. The molecule has 1 aliphatic rings. The van der Waals surface area contributed by atoms with Crippen molar-refractivity contribution < 1.29 is 9.59 Å². The van der Waals surface area contributed by atoms with Crippen molar-refractivity contribution in [1.82, 2.24) is 19.8 Å². The molecule has 1 aromatic heterocycles. The smallest absolute Gasteiger partial charge is 0.240 e.